The Labute approximate surface area is 123 Å². The maximum absolute atomic E-state index is 12.6. The molecule has 1 saturated heterocycles. The molecular weight excluding hydrogens is 272 g/mol. The molecule has 2 heterocycles. The molecule has 0 radical (unpaired) electrons. The summed E-state index contributed by atoms with van der Waals surface area (Å²) in [5.41, 5.74) is 6.49. The first-order valence-corrected chi connectivity index (χ1v) is 7.08. The standard InChI is InChI=1S/C14H20N4O3/c1-8(2)9-7-10(17-14(15)16-9)12(19)18-6-4-3-5-11(18)13(20)21/h7-8,11H,3-6H2,1-2H3,(H,20,21)(H2,15,16,17). The van der Waals surface area contributed by atoms with Crippen LogP contribution in [0.1, 0.15) is 55.2 Å². The van der Waals surface area contributed by atoms with Crippen LogP contribution in [-0.4, -0.2) is 44.4 Å². The quantitative estimate of drug-likeness (QED) is 0.868. The minimum atomic E-state index is -0.978. The molecule has 1 amide bonds. The van der Waals surface area contributed by atoms with Crippen molar-refractivity contribution >= 4 is 17.8 Å². The molecule has 114 valence electrons. The van der Waals surface area contributed by atoms with E-state index in [1.165, 1.54) is 4.90 Å². The van der Waals surface area contributed by atoms with Crippen LogP contribution in [0.25, 0.3) is 0 Å². The number of aliphatic carboxylic acids is 1. The van der Waals surface area contributed by atoms with Crippen LogP contribution in [0.2, 0.25) is 0 Å². The molecule has 1 aromatic rings. The van der Waals surface area contributed by atoms with Gasteiger partial charge in [0.15, 0.2) is 0 Å². The van der Waals surface area contributed by atoms with Gasteiger partial charge in [-0.05, 0) is 31.2 Å². The lowest BCUT2D eigenvalue weighted by Crippen LogP contribution is -2.48. The van der Waals surface area contributed by atoms with Gasteiger partial charge in [0.1, 0.15) is 11.7 Å². The smallest absolute Gasteiger partial charge is 0.326 e. The Hall–Kier alpha value is -2.18. The summed E-state index contributed by atoms with van der Waals surface area (Å²) in [7, 11) is 0. The van der Waals surface area contributed by atoms with Crippen molar-refractivity contribution in [2.75, 3.05) is 12.3 Å². The molecule has 1 atom stereocenters. The molecule has 3 N–H and O–H groups in total. The van der Waals surface area contributed by atoms with Crippen molar-refractivity contribution in [2.45, 2.75) is 45.1 Å². The number of nitrogens with two attached hydrogens (primary N) is 1. The molecule has 0 spiro atoms. The number of nitrogens with zero attached hydrogens (tertiary/aromatic N) is 3. The van der Waals surface area contributed by atoms with Crippen LogP contribution in [0.15, 0.2) is 6.07 Å². The average Bonchev–Trinajstić information content (AvgIpc) is 2.45. The number of rotatable bonds is 3. The summed E-state index contributed by atoms with van der Waals surface area (Å²) in [4.78, 5) is 33.3. The summed E-state index contributed by atoms with van der Waals surface area (Å²) in [5, 5.41) is 9.25. The summed E-state index contributed by atoms with van der Waals surface area (Å²) in [5.74, 6) is -1.22. The lowest BCUT2D eigenvalue weighted by atomic mass is 10.0. The van der Waals surface area contributed by atoms with E-state index in [0.29, 0.717) is 18.7 Å². The second-order valence-electron chi connectivity index (χ2n) is 5.54. The predicted octanol–water partition coefficient (Wildman–Crippen LogP) is 1.26. The van der Waals surface area contributed by atoms with Crippen molar-refractivity contribution < 1.29 is 14.7 Å². The summed E-state index contributed by atoms with van der Waals surface area (Å²) in [6, 6.07) is 0.807. The molecule has 0 aliphatic carbocycles. The van der Waals surface area contributed by atoms with Gasteiger partial charge in [0, 0.05) is 12.2 Å². The Morgan fingerprint density at radius 2 is 2.10 bits per heavy atom. The fraction of sp³-hybridized carbons (Fsp3) is 0.571. The third-order valence-corrected chi connectivity index (χ3v) is 3.62. The molecular formula is C14H20N4O3. The van der Waals surface area contributed by atoms with E-state index in [4.69, 9.17) is 5.73 Å². The van der Waals surface area contributed by atoms with Crippen LogP contribution in [-0.2, 0) is 4.79 Å². The molecule has 0 saturated carbocycles. The second-order valence-corrected chi connectivity index (χ2v) is 5.54. The molecule has 2 rings (SSSR count). The number of hydrogen-bond donors (Lipinski definition) is 2. The average molecular weight is 292 g/mol. The van der Waals surface area contributed by atoms with Gasteiger partial charge in [-0.15, -0.1) is 0 Å². The molecule has 0 aromatic carbocycles. The van der Waals surface area contributed by atoms with Gasteiger partial charge in [-0.25, -0.2) is 14.8 Å². The largest absolute Gasteiger partial charge is 0.480 e. The fourth-order valence-electron chi connectivity index (χ4n) is 2.47. The van der Waals surface area contributed by atoms with Gasteiger partial charge >= 0.3 is 5.97 Å². The predicted molar refractivity (Wildman–Crippen MR) is 76.8 cm³/mol. The topological polar surface area (TPSA) is 109 Å². The van der Waals surface area contributed by atoms with Crippen LogP contribution in [0.3, 0.4) is 0 Å². The maximum Gasteiger partial charge on any atom is 0.326 e. The van der Waals surface area contributed by atoms with E-state index in [0.717, 1.165) is 12.8 Å². The monoisotopic (exact) mass is 292 g/mol. The summed E-state index contributed by atoms with van der Waals surface area (Å²) < 4.78 is 0. The molecule has 1 unspecified atom stereocenters. The SMILES string of the molecule is CC(C)c1cc(C(=O)N2CCCCC2C(=O)O)nc(N)n1. The van der Waals surface area contributed by atoms with Gasteiger partial charge < -0.3 is 15.7 Å². The van der Waals surface area contributed by atoms with Crippen LogP contribution < -0.4 is 5.73 Å². The van der Waals surface area contributed by atoms with Gasteiger partial charge in [-0.3, -0.25) is 4.79 Å². The Bertz CT molecular complexity index is 559. The molecule has 1 aliphatic rings. The summed E-state index contributed by atoms with van der Waals surface area (Å²) in [6.45, 7) is 4.31. The normalized spacial score (nSPS) is 18.8. The van der Waals surface area contributed by atoms with Crippen molar-refractivity contribution in [3.05, 3.63) is 17.5 Å². The first-order valence-electron chi connectivity index (χ1n) is 7.08. The Kier molecular flexibility index (Phi) is 4.40. The van der Waals surface area contributed by atoms with E-state index in [-0.39, 0.29) is 17.6 Å². The van der Waals surface area contributed by atoms with Crippen molar-refractivity contribution in [2.24, 2.45) is 0 Å². The first-order chi connectivity index (χ1) is 9.90. The van der Waals surface area contributed by atoms with E-state index < -0.39 is 17.9 Å². The number of carboxylic acids is 1. The molecule has 1 aromatic heterocycles. The lowest BCUT2D eigenvalue weighted by molar-refractivity contribution is -0.143. The van der Waals surface area contributed by atoms with Gasteiger partial charge in [0.25, 0.3) is 5.91 Å². The van der Waals surface area contributed by atoms with Gasteiger partial charge in [-0.1, -0.05) is 13.8 Å². The zero-order valence-electron chi connectivity index (χ0n) is 12.2. The molecule has 7 heteroatoms. The van der Waals surface area contributed by atoms with E-state index >= 15 is 0 Å². The Balaban J connectivity index is 2.32. The van der Waals surface area contributed by atoms with Crippen LogP contribution in [0.5, 0.6) is 0 Å². The third-order valence-electron chi connectivity index (χ3n) is 3.62. The van der Waals surface area contributed by atoms with Crippen LogP contribution in [0, 0.1) is 0 Å². The van der Waals surface area contributed by atoms with E-state index in [1.54, 1.807) is 6.07 Å². The van der Waals surface area contributed by atoms with Crippen LogP contribution >= 0.6 is 0 Å². The zero-order valence-corrected chi connectivity index (χ0v) is 12.2. The lowest BCUT2D eigenvalue weighted by Gasteiger charge is -2.32. The van der Waals surface area contributed by atoms with Gasteiger partial charge in [0.05, 0.1) is 0 Å². The van der Waals surface area contributed by atoms with E-state index in [1.807, 2.05) is 13.8 Å². The fourth-order valence-corrected chi connectivity index (χ4v) is 2.47. The highest BCUT2D eigenvalue weighted by Gasteiger charge is 2.33. The summed E-state index contributed by atoms with van der Waals surface area (Å²) in [6.07, 6.45) is 2.08. The summed E-state index contributed by atoms with van der Waals surface area (Å²) >= 11 is 0. The highest BCUT2D eigenvalue weighted by molar-refractivity contribution is 5.95. The van der Waals surface area contributed by atoms with E-state index in [9.17, 15) is 14.7 Å². The number of nitrogen functional groups attached to an aromatic ring is 1. The number of carbonyl (C=O) groups excluding carboxylic acids is 1. The number of hydrogen-bond acceptors (Lipinski definition) is 5. The van der Waals surface area contributed by atoms with Crippen molar-refractivity contribution in [1.82, 2.24) is 14.9 Å². The second kappa shape index (κ2) is 6.07. The zero-order chi connectivity index (χ0) is 15.6. The molecule has 0 bridgehead atoms. The van der Waals surface area contributed by atoms with E-state index in [2.05, 4.69) is 9.97 Å². The number of piperidine rings is 1. The molecule has 7 nitrogen and oxygen atoms in total. The maximum atomic E-state index is 12.6. The number of likely N-dealkylation sites (tertiary alicyclic amines) is 1. The number of aromatic nitrogens is 2. The van der Waals surface area contributed by atoms with Crippen molar-refractivity contribution in [3.8, 4) is 0 Å². The first kappa shape index (κ1) is 15.2. The highest BCUT2D eigenvalue weighted by atomic mass is 16.4. The molecule has 1 fully saturated rings. The minimum Gasteiger partial charge on any atom is -0.480 e. The number of carbonyl (C=O) groups is 2. The molecule has 1 aliphatic heterocycles. The number of anilines is 1. The Morgan fingerprint density at radius 1 is 1.38 bits per heavy atom. The minimum absolute atomic E-state index is 0.0356. The van der Waals surface area contributed by atoms with Crippen molar-refractivity contribution in [1.29, 1.82) is 0 Å². The van der Waals surface area contributed by atoms with Gasteiger partial charge in [0.2, 0.25) is 5.95 Å². The Morgan fingerprint density at radius 3 is 2.71 bits per heavy atom. The highest BCUT2D eigenvalue weighted by Crippen LogP contribution is 2.21. The van der Waals surface area contributed by atoms with Crippen LogP contribution in [0.4, 0.5) is 5.95 Å². The number of amides is 1. The third kappa shape index (κ3) is 3.29. The van der Waals surface area contributed by atoms with Crippen molar-refractivity contribution in [3.63, 3.8) is 0 Å². The van der Waals surface area contributed by atoms with Gasteiger partial charge in [-0.2, -0.15) is 0 Å². The molecule has 21 heavy (non-hydrogen) atoms. The number of carboxylic acid groups (broad SMARTS) is 1.